The number of carbonyl (C=O) groups is 3. The van der Waals surface area contributed by atoms with Gasteiger partial charge in [0, 0.05) is 19.9 Å². The molecule has 0 aliphatic carbocycles. The lowest BCUT2D eigenvalue weighted by molar-refractivity contribution is -0.118. The first-order valence-corrected chi connectivity index (χ1v) is 5.15. The standard InChI is InChI=1S/C10H14N4O4/c1-5-8(9(16)14(2)10(12)17)13-7(18-5)4-3-6(11)15/h3-4H2,1-2H3,(H2,11,15)(H2,12,17). The van der Waals surface area contributed by atoms with Gasteiger partial charge in [0.15, 0.2) is 11.6 Å². The number of hydrogen-bond acceptors (Lipinski definition) is 5. The molecule has 4 N–H and O–H groups in total. The molecule has 1 aromatic rings. The van der Waals surface area contributed by atoms with E-state index in [0.29, 0.717) is 0 Å². The van der Waals surface area contributed by atoms with Gasteiger partial charge in [0.1, 0.15) is 5.76 Å². The lowest BCUT2D eigenvalue weighted by Crippen LogP contribution is -2.37. The highest BCUT2D eigenvalue weighted by molar-refractivity contribution is 6.02. The van der Waals surface area contributed by atoms with Gasteiger partial charge in [0.2, 0.25) is 5.91 Å². The molecule has 1 rings (SSSR count). The van der Waals surface area contributed by atoms with Gasteiger partial charge in [-0.2, -0.15) is 0 Å². The van der Waals surface area contributed by atoms with E-state index in [0.717, 1.165) is 4.90 Å². The van der Waals surface area contributed by atoms with E-state index < -0.39 is 17.8 Å². The first-order valence-electron chi connectivity index (χ1n) is 5.15. The molecule has 1 aromatic heterocycles. The maximum Gasteiger partial charge on any atom is 0.321 e. The van der Waals surface area contributed by atoms with Gasteiger partial charge in [-0.15, -0.1) is 0 Å². The van der Waals surface area contributed by atoms with Crippen molar-refractivity contribution in [2.75, 3.05) is 7.05 Å². The maximum atomic E-state index is 11.8. The number of hydrogen-bond donors (Lipinski definition) is 2. The molecule has 0 aliphatic heterocycles. The van der Waals surface area contributed by atoms with Crippen molar-refractivity contribution in [2.45, 2.75) is 19.8 Å². The van der Waals surface area contributed by atoms with Crippen molar-refractivity contribution in [3.63, 3.8) is 0 Å². The number of rotatable bonds is 4. The molecule has 4 amide bonds. The summed E-state index contributed by atoms with van der Waals surface area (Å²) in [6, 6.07) is -0.888. The van der Waals surface area contributed by atoms with Crippen LogP contribution in [0.25, 0.3) is 0 Å². The van der Waals surface area contributed by atoms with Crippen LogP contribution in [-0.2, 0) is 11.2 Å². The van der Waals surface area contributed by atoms with Crippen LogP contribution in [-0.4, -0.2) is 34.8 Å². The van der Waals surface area contributed by atoms with Crippen LogP contribution in [0.3, 0.4) is 0 Å². The lowest BCUT2D eigenvalue weighted by atomic mass is 10.3. The van der Waals surface area contributed by atoms with Crippen LogP contribution in [0, 0.1) is 6.92 Å². The maximum absolute atomic E-state index is 11.8. The number of aromatic nitrogens is 1. The van der Waals surface area contributed by atoms with E-state index in [1.807, 2.05) is 0 Å². The van der Waals surface area contributed by atoms with Crippen LogP contribution >= 0.6 is 0 Å². The summed E-state index contributed by atoms with van der Waals surface area (Å²) in [4.78, 5) is 37.9. The number of nitrogens with zero attached hydrogens (tertiary/aromatic N) is 2. The molecule has 0 aromatic carbocycles. The third kappa shape index (κ3) is 3.06. The molecule has 0 spiro atoms. The summed E-state index contributed by atoms with van der Waals surface area (Å²) >= 11 is 0. The number of aryl methyl sites for hydroxylation is 2. The topological polar surface area (TPSA) is 133 Å². The molecule has 18 heavy (non-hydrogen) atoms. The van der Waals surface area contributed by atoms with E-state index in [2.05, 4.69) is 4.98 Å². The first kappa shape index (κ1) is 13.7. The van der Waals surface area contributed by atoms with E-state index in [-0.39, 0.29) is 30.2 Å². The largest absolute Gasteiger partial charge is 0.445 e. The fourth-order valence-corrected chi connectivity index (χ4v) is 1.25. The van der Waals surface area contributed by atoms with Crippen molar-refractivity contribution >= 4 is 17.8 Å². The molecular weight excluding hydrogens is 240 g/mol. The number of nitrogens with two attached hydrogens (primary N) is 2. The zero-order valence-electron chi connectivity index (χ0n) is 10.1. The van der Waals surface area contributed by atoms with E-state index in [1.54, 1.807) is 0 Å². The van der Waals surface area contributed by atoms with Crippen LogP contribution in [0.4, 0.5) is 4.79 Å². The Labute approximate surface area is 103 Å². The third-order valence-electron chi connectivity index (χ3n) is 2.26. The quantitative estimate of drug-likeness (QED) is 0.750. The monoisotopic (exact) mass is 254 g/mol. The van der Waals surface area contributed by atoms with Crippen molar-refractivity contribution < 1.29 is 18.8 Å². The van der Waals surface area contributed by atoms with E-state index >= 15 is 0 Å². The Kier molecular flexibility index (Phi) is 4.03. The Morgan fingerprint density at radius 2 is 1.94 bits per heavy atom. The summed E-state index contributed by atoms with van der Waals surface area (Å²) in [5.41, 5.74) is 9.96. The summed E-state index contributed by atoms with van der Waals surface area (Å²) in [5, 5.41) is 0. The average molecular weight is 254 g/mol. The predicted molar refractivity (Wildman–Crippen MR) is 60.4 cm³/mol. The van der Waals surface area contributed by atoms with Crippen molar-refractivity contribution in [3.8, 4) is 0 Å². The van der Waals surface area contributed by atoms with Gasteiger partial charge in [-0.05, 0) is 6.92 Å². The van der Waals surface area contributed by atoms with Gasteiger partial charge in [0.25, 0.3) is 5.91 Å². The van der Waals surface area contributed by atoms with Gasteiger partial charge in [-0.1, -0.05) is 0 Å². The SMILES string of the molecule is Cc1oc(CCC(N)=O)nc1C(=O)N(C)C(N)=O. The number of carbonyl (C=O) groups excluding carboxylic acids is 3. The Morgan fingerprint density at radius 1 is 1.33 bits per heavy atom. The van der Waals surface area contributed by atoms with Crippen LogP contribution < -0.4 is 11.5 Å². The Hall–Kier alpha value is -2.38. The fourth-order valence-electron chi connectivity index (χ4n) is 1.25. The Morgan fingerprint density at radius 3 is 2.44 bits per heavy atom. The van der Waals surface area contributed by atoms with Gasteiger partial charge < -0.3 is 15.9 Å². The molecule has 1 heterocycles. The molecule has 0 saturated heterocycles. The molecule has 0 aliphatic rings. The Bertz CT molecular complexity index is 494. The van der Waals surface area contributed by atoms with Gasteiger partial charge in [-0.25, -0.2) is 9.78 Å². The summed E-state index contributed by atoms with van der Waals surface area (Å²) in [5.74, 6) is -0.679. The number of amides is 4. The Balaban J connectivity index is 2.87. The number of urea groups is 1. The van der Waals surface area contributed by atoms with Crippen molar-refractivity contribution in [2.24, 2.45) is 11.5 Å². The normalized spacial score (nSPS) is 10.1. The summed E-state index contributed by atoms with van der Waals surface area (Å²) in [7, 11) is 1.24. The second-order valence-electron chi connectivity index (χ2n) is 3.68. The predicted octanol–water partition coefficient (Wildman–Crippen LogP) is -0.448. The first-order chi connectivity index (χ1) is 8.32. The van der Waals surface area contributed by atoms with E-state index in [4.69, 9.17) is 15.9 Å². The number of imide groups is 1. The lowest BCUT2D eigenvalue weighted by Gasteiger charge is -2.09. The zero-order chi connectivity index (χ0) is 13.9. The highest BCUT2D eigenvalue weighted by atomic mass is 16.4. The van der Waals surface area contributed by atoms with Crippen molar-refractivity contribution in [1.82, 2.24) is 9.88 Å². The minimum absolute atomic E-state index is 0.00392. The highest BCUT2D eigenvalue weighted by Crippen LogP contribution is 2.13. The molecule has 0 fully saturated rings. The van der Waals surface area contributed by atoms with Crippen LogP contribution in [0.1, 0.15) is 28.6 Å². The molecule has 0 saturated carbocycles. The van der Waals surface area contributed by atoms with Crippen LogP contribution in [0.15, 0.2) is 4.42 Å². The molecule has 0 bridgehead atoms. The average Bonchev–Trinajstić information content (AvgIpc) is 2.65. The fraction of sp³-hybridized carbons (Fsp3) is 0.400. The molecule has 0 radical (unpaired) electrons. The highest BCUT2D eigenvalue weighted by Gasteiger charge is 2.23. The van der Waals surface area contributed by atoms with Gasteiger partial charge in [0.05, 0.1) is 0 Å². The van der Waals surface area contributed by atoms with Crippen molar-refractivity contribution in [1.29, 1.82) is 0 Å². The number of primary amides is 2. The minimum atomic E-state index is -0.888. The zero-order valence-corrected chi connectivity index (χ0v) is 10.1. The van der Waals surface area contributed by atoms with Crippen LogP contribution in [0.5, 0.6) is 0 Å². The molecule has 8 heteroatoms. The van der Waals surface area contributed by atoms with E-state index in [9.17, 15) is 14.4 Å². The summed E-state index contributed by atoms with van der Waals surface area (Å²) < 4.78 is 5.20. The third-order valence-corrected chi connectivity index (χ3v) is 2.26. The minimum Gasteiger partial charge on any atom is -0.445 e. The second kappa shape index (κ2) is 5.30. The smallest absolute Gasteiger partial charge is 0.321 e. The summed E-state index contributed by atoms with van der Waals surface area (Å²) in [6.07, 6.45) is 0.267. The molecule has 0 unspecified atom stereocenters. The van der Waals surface area contributed by atoms with E-state index in [1.165, 1.54) is 14.0 Å². The second-order valence-corrected chi connectivity index (χ2v) is 3.68. The van der Waals surface area contributed by atoms with Crippen molar-refractivity contribution in [3.05, 3.63) is 17.3 Å². The van der Waals surface area contributed by atoms with Gasteiger partial charge >= 0.3 is 6.03 Å². The van der Waals surface area contributed by atoms with Gasteiger partial charge in [-0.3, -0.25) is 14.5 Å². The molecular formula is C10H14N4O4. The number of oxazole rings is 1. The molecule has 0 atom stereocenters. The summed E-state index contributed by atoms with van der Waals surface area (Å²) in [6.45, 7) is 1.53. The molecule has 8 nitrogen and oxygen atoms in total. The van der Waals surface area contributed by atoms with Crippen LogP contribution in [0.2, 0.25) is 0 Å². The molecule has 98 valence electrons.